The summed E-state index contributed by atoms with van der Waals surface area (Å²) in [6.07, 6.45) is 6.24. The summed E-state index contributed by atoms with van der Waals surface area (Å²) in [5.74, 6) is 1.48. The summed E-state index contributed by atoms with van der Waals surface area (Å²) in [6.45, 7) is 3.24. The molecule has 1 aliphatic rings. The van der Waals surface area contributed by atoms with Gasteiger partial charge >= 0.3 is 0 Å². The average Bonchev–Trinajstić information content (AvgIpc) is 2.67. The van der Waals surface area contributed by atoms with Crippen LogP contribution in [0.3, 0.4) is 0 Å². The first-order chi connectivity index (χ1) is 7.09. The number of hydrogen-bond acceptors (Lipinski definition) is 2. The zero-order chi connectivity index (χ0) is 11.3. The molecule has 0 aromatic carbocycles. The first-order valence-corrected chi connectivity index (χ1v) is 6.07. The zero-order valence-corrected chi connectivity index (χ0v) is 10.4. The van der Waals surface area contributed by atoms with E-state index in [2.05, 4.69) is 30.9 Å². The van der Waals surface area contributed by atoms with Gasteiger partial charge in [-0.25, -0.2) is 0 Å². The van der Waals surface area contributed by atoms with Crippen LogP contribution >= 0.6 is 0 Å². The molecule has 0 saturated heterocycles. The molecule has 0 bridgehead atoms. The molecule has 2 N–H and O–H groups in total. The van der Waals surface area contributed by atoms with Gasteiger partial charge in [-0.1, -0.05) is 12.8 Å². The summed E-state index contributed by atoms with van der Waals surface area (Å²) in [7, 11) is 4.19. The molecular weight excluding hydrogens is 186 g/mol. The quantitative estimate of drug-likeness (QED) is 0.557. The van der Waals surface area contributed by atoms with E-state index in [-0.39, 0.29) is 0 Å². The average molecular weight is 211 g/mol. The predicted octanol–water partition coefficient (Wildman–Crippen LogP) is 1.87. The van der Waals surface area contributed by atoms with Crippen molar-refractivity contribution in [3.8, 4) is 0 Å². The van der Waals surface area contributed by atoms with Gasteiger partial charge in [0.25, 0.3) is 0 Å². The van der Waals surface area contributed by atoms with Crippen molar-refractivity contribution in [3.05, 3.63) is 0 Å². The molecule has 0 radical (unpaired) electrons. The second kappa shape index (κ2) is 6.11. The summed E-state index contributed by atoms with van der Waals surface area (Å²) in [4.78, 5) is 6.79. The van der Waals surface area contributed by atoms with Crippen LogP contribution in [0.1, 0.15) is 39.0 Å². The molecule has 0 spiro atoms. The highest BCUT2D eigenvalue weighted by molar-refractivity contribution is 5.83. The van der Waals surface area contributed by atoms with E-state index in [0.717, 1.165) is 18.8 Å². The van der Waals surface area contributed by atoms with E-state index in [1.165, 1.54) is 25.7 Å². The largest absolute Gasteiger partial charge is 0.387 e. The van der Waals surface area contributed by atoms with Crippen LogP contribution in [0.15, 0.2) is 4.99 Å². The minimum atomic E-state index is 0.369. The van der Waals surface area contributed by atoms with Gasteiger partial charge in [0.15, 0.2) is 0 Å². The molecule has 0 amide bonds. The van der Waals surface area contributed by atoms with E-state index in [4.69, 9.17) is 5.73 Å². The molecule has 1 aliphatic carbocycles. The lowest BCUT2D eigenvalue weighted by molar-refractivity contribution is 0.386. The van der Waals surface area contributed by atoms with Gasteiger partial charge in [-0.2, -0.15) is 0 Å². The Balaban J connectivity index is 2.32. The molecule has 1 unspecified atom stereocenters. The molecule has 1 rings (SSSR count). The zero-order valence-electron chi connectivity index (χ0n) is 10.4. The van der Waals surface area contributed by atoms with Gasteiger partial charge < -0.3 is 10.6 Å². The van der Waals surface area contributed by atoms with Crippen LogP contribution in [-0.4, -0.2) is 37.4 Å². The number of aliphatic imine (C=N–C) groups is 1. The van der Waals surface area contributed by atoms with Crippen LogP contribution in [0.2, 0.25) is 0 Å². The van der Waals surface area contributed by atoms with Gasteiger partial charge in [0.2, 0.25) is 0 Å². The standard InChI is InChI=1S/C12H25N3/c1-10(8-9-15(2)3)14-12(13)11-6-4-5-7-11/h10-11H,4-9H2,1-3H3,(H2,13,14). The lowest BCUT2D eigenvalue weighted by Gasteiger charge is -2.14. The Hall–Kier alpha value is -0.570. The van der Waals surface area contributed by atoms with Crippen LogP contribution in [0.25, 0.3) is 0 Å². The first-order valence-electron chi connectivity index (χ1n) is 6.07. The third kappa shape index (κ3) is 4.65. The summed E-state index contributed by atoms with van der Waals surface area (Å²) < 4.78 is 0. The Kier molecular flexibility index (Phi) is 5.09. The number of nitrogens with zero attached hydrogens (tertiary/aromatic N) is 2. The molecule has 1 atom stereocenters. The first kappa shape index (κ1) is 12.5. The topological polar surface area (TPSA) is 41.6 Å². The maximum Gasteiger partial charge on any atom is 0.0971 e. The number of amidine groups is 1. The van der Waals surface area contributed by atoms with Crippen molar-refractivity contribution in [2.24, 2.45) is 16.6 Å². The van der Waals surface area contributed by atoms with Crippen molar-refractivity contribution >= 4 is 5.84 Å². The highest BCUT2D eigenvalue weighted by Crippen LogP contribution is 2.24. The van der Waals surface area contributed by atoms with Gasteiger partial charge in [-0.3, -0.25) is 4.99 Å². The molecule has 0 heterocycles. The predicted molar refractivity (Wildman–Crippen MR) is 66.2 cm³/mol. The van der Waals surface area contributed by atoms with Crippen molar-refractivity contribution in [1.82, 2.24) is 4.90 Å². The molecule has 15 heavy (non-hydrogen) atoms. The molecule has 3 nitrogen and oxygen atoms in total. The number of rotatable bonds is 5. The van der Waals surface area contributed by atoms with Crippen LogP contribution in [-0.2, 0) is 0 Å². The Labute approximate surface area is 93.7 Å². The second-order valence-electron chi connectivity index (χ2n) is 4.98. The number of hydrogen-bond donors (Lipinski definition) is 1. The molecular formula is C12H25N3. The fraction of sp³-hybridized carbons (Fsp3) is 0.917. The minimum Gasteiger partial charge on any atom is -0.387 e. The van der Waals surface area contributed by atoms with E-state index >= 15 is 0 Å². The highest BCUT2D eigenvalue weighted by Gasteiger charge is 2.18. The fourth-order valence-electron chi connectivity index (χ4n) is 2.09. The summed E-state index contributed by atoms with van der Waals surface area (Å²) in [6, 6.07) is 0.369. The smallest absolute Gasteiger partial charge is 0.0971 e. The van der Waals surface area contributed by atoms with Gasteiger partial charge in [-0.05, 0) is 46.8 Å². The van der Waals surface area contributed by atoms with E-state index in [1.54, 1.807) is 0 Å². The third-order valence-electron chi connectivity index (χ3n) is 3.14. The Morgan fingerprint density at radius 2 is 2.00 bits per heavy atom. The van der Waals surface area contributed by atoms with E-state index in [9.17, 15) is 0 Å². The van der Waals surface area contributed by atoms with Crippen molar-refractivity contribution < 1.29 is 0 Å². The number of nitrogens with two attached hydrogens (primary N) is 1. The second-order valence-corrected chi connectivity index (χ2v) is 4.98. The van der Waals surface area contributed by atoms with E-state index in [0.29, 0.717) is 12.0 Å². The lowest BCUT2D eigenvalue weighted by Crippen LogP contribution is -2.25. The van der Waals surface area contributed by atoms with Crippen LogP contribution in [0.4, 0.5) is 0 Å². The SMILES string of the molecule is CC(CCN(C)C)N=C(N)C1CCCC1. The van der Waals surface area contributed by atoms with Crippen molar-refractivity contribution in [2.75, 3.05) is 20.6 Å². The maximum absolute atomic E-state index is 6.02. The summed E-state index contributed by atoms with van der Waals surface area (Å²) in [5.41, 5.74) is 6.02. The monoisotopic (exact) mass is 211 g/mol. The Bertz CT molecular complexity index is 205. The van der Waals surface area contributed by atoms with Crippen LogP contribution in [0.5, 0.6) is 0 Å². The Morgan fingerprint density at radius 1 is 1.40 bits per heavy atom. The Morgan fingerprint density at radius 3 is 2.53 bits per heavy atom. The fourth-order valence-corrected chi connectivity index (χ4v) is 2.09. The van der Waals surface area contributed by atoms with Crippen molar-refractivity contribution in [2.45, 2.75) is 45.1 Å². The molecule has 0 aromatic heterocycles. The van der Waals surface area contributed by atoms with Gasteiger partial charge in [0.05, 0.1) is 11.9 Å². The van der Waals surface area contributed by atoms with Crippen molar-refractivity contribution in [3.63, 3.8) is 0 Å². The van der Waals surface area contributed by atoms with Crippen molar-refractivity contribution in [1.29, 1.82) is 0 Å². The molecule has 0 aromatic rings. The van der Waals surface area contributed by atoms with Gasteiger partial charge in [0, 0.05) is 5.92 Å². The lowest BCUT2D eigenvalue weighted by atomic mass is 10.1. The normalized spacial score (nSPS) is 21.2. The maximum atomic E-state index is 6.02. The summed E-state index contributed by atoms with van der Waals surface area (Å²) >= 11 is 0. The van der Waals surface area contributed by atoms with Gasteiger partial charge in [0.1, 0.15) is 0 Å². The van der Waals surface area contributed by atoms with E-state index < -0.39 is 0 Å². The molecule has 1 fully saturated rings. The molecule has 88 valence electrons. The molecule has 1 saturated carbocycles. The third-order valence-corrected chi connectivity index (χ3v) is 3.14. The van der Waals surface area contributed by atoms with Crippen LogP contribution in [0, 0.1) is 5.92 Å². The highest BCUT2D eigenvalue weighted by atomic mass is 15.1. The van der Waals surface area contributed by atoms with E-state index in [1.807, 2.05) is 0 Å². The van der Waals surface area contributed by atoms with Crippen LogP contribution < -0.4 is 5.73 Å². The minimum absolute atomic E-state index is 0.369. The summed E-state index contributed by atoms with van der Waals surface area (Å²) in [5, 5.41) is 0. The van der Waals surface area contributed by atoms with Gasteiger partial charge in [-0.15, -0.1) is 0 Å². The molecule has 3 heteroatoms. The molecule has 0 aliphatic heterocycles.